The van der Waals surface area contributed by atoms with E-state index in [1.807, 2.05) is 0 Å². The molecule has 0 atom stereocenters. The molecule has 0 saturated heterocycles. The maximum Gasteiger partial charge on any atom is 0.305 e. The zero-order valence-corrected chi connectivity index (χ0v) is 26.8. The predicted octanol–water partition coefficient (Wildman–Crippen LogP) is 10.4. The lowest BCUT2D eigenvalue weighted by molar-refractivity contribution is -0.143. The van der Waals surface area contributed by atoms with Crippen molar-refractivity contribution in [1.29, 1.82) is 0 Å². The molecule has 0 aliphatic rings. The van der Waals surface area contributed by atoms with Crippen LogP contribution in [0.2, 0.25) is 0 Å². The first-order valence-electron chi connectivity index (χ1n) is 17.7. The monoisotopic (exact) mass is 554 g/mol. The Bertz CT molecular complexity index is 471. The molecular formula is C35H71NO3. The molecule has 0 heterocycles. The molecule has 234 valence electrons. The van der Waals surface area contributed by atoms with Gasteiger partial charge in [0.1, 0.15) is 0 Å². The van der Waals surface area contributed by atoms with Gasteiger partial charge in [0.2, 0.25) is 0 Å². The van der Waals surface area contributed by atoms with Crippen LogP contribution in [0.4, 0.5) is 0 Å². The van der Waals surface area contributed by atoms with Gasteiger partial charge >= 0.3 is 5.97 Å². The molecule has 39 heavy (non-hydrogen) atoms. The lowest BCUT2D eigenvalue weighted by atomic mass is 10.0. The number of rotatable bonds is 33. The fourth-order valence-corrected chi connectivity index (χ4v) is 5.46. The van der Waals surface area contributed by atoms with Crippen LogP contribution < -0.4 is 0 Å². The molecule has 4 heteroatoms. The average Bonchev–Trinajstić information content (AvgIpc) is 2.94. The molecule has 0 aromatic heterocycles. The van der Waals surface area contributed by atoms with Crippen LogP contribution >= 0.6 is 0 Å². The summed E-state index contributed by atoms with van der Waals surface area (Å²) in [6.07, 6.45) is 34.7. The van der Waals surface area contributed by atoms with Crippen molar-refractivity contribution in [3.05, 3.63) is 0 Å². The Morgan fingerprint density at radius 2 is 0.846 bits per heavy atom. The highest BCUT2D eigenvalue weighted by Crippen LogP contribution is 2.14. The van der Waals surface area contributed by atoms with E-state index in [1.54, 1.807) is 0 Å². The second-order valence-corrected chi connectivity index (χ2v) is 12.0. The van der Waals surface area contributed by atoms with Crippen LogP contribution in [-0.4, -0.2) is 48.8 Å². The van der Waals surface area contributed by atoms with Gasteiger partial charge in [0.15, 0.2) is 0 Å². The minimum absolute atomic E-state index is 0.0239. The maximum absolute atomic E-state index is 12.0. The molecule has 0 saturated carbocycles. The molecule has 0 amide bonds. The maximum atomic E-state index is 12.0. The predicted molar refractivity (Wildman–Crippen MR) is 170 cm³/mol. The molecule has 4 nitrogen and oxygen atoms in total. The lowest BCUT2D eigenvalue weighted by Crippen LogP contribution is -2.29. The summed E-state index contributed by atoms with van der Waals surface area (Å²) in [6.45, 7) is 8.29. The zero-order chi connectivity index (χ0) is 28.5. The van der Waals surface area contributed by atoms with Gasteiger partial charge in [-0.2, -0.15) is 0 Å². The minimum Gasteiger partial charge on any atom is -0.466 e. The number of aliphatic hydroxyl groups excluding tert-OH is 1. The number of aliphatic hydroxyl groups is 1. The molecule has 0 bridgehead atoms. The van der Waals surface area contributed by atoms with Crippen LogP contribution in [0.25, 0.3) is 0 Å². The van der Waals surface area contributed by atoms with Crippen LogP contribution in [0.3, 0.4) is 0 Å². The van der Waals surface area contributed by atoms with Crippen molar-refractivity contribution in [3.8, 4) is 0 Å². The van der Waals surface area contributed by atoms with E-state index in [-0.39, 0.29) is 12.6 Å². The van der Waals surface area contributed by atoms with Gasteiger partial charge in [-0.25, -0.2) is 0 Å². The van der Waals surface area contributed by atoms with E-state index in [2.05, 4.69) is 18.7 Å². The Hall–Kier alpha value is -0.610. The quantitative estimate of drug-likeness (QED) is 0.0648. The number of hydrogen-bond acceptors (Lipinski definition) is 4. The third-order valence-corrected chi connectivity index (χ3v) is 8.11. The molecule has 0 aliphatic carbocycles. The molecular weight excluding hydrogens is 482 g/mol. The Balaban J connectivity index is 3.48. The third-order valence-electron chi connectivity index (χ3n) is 8.11. The first-order valence-corrected chi connectivity index (χ1v) is 17.7. The van der Waals surface area contributed by atoms with Gasteiger partial charge in [0, 0.05) is 13.0 Å². The van der Waals surface area contributed by atoms with E-state index in [0.717, 1.165) is 45.3 Å². The number of esters is 1. The number of ether oxygens (including phenoxy) is 1. The van der Waals surface area contributed by atoms with Crippen molar-refractivity contribution in [2.24, 2.45) is 0 Å². The van der Waals surface area contributed by atoms with E-state index in [0.29, 0.717) is 13.0 Å². The van der Waals surface area contributed by atoms with Crippen molar-refractivity contribution in [3.63, 3.8) is 0 Å². The van der Waals surface area contributed by atoms with Gasteiger partial charge in [-0.1, -0.05) is 155 Å². The van der Waals surface area contributed by atoms with E-state index >= 15 is 0 Å². The van der Waals surface area contributed by atoms with Crippen molar-refractivity contribution in [2.75, 3.05) is 32.8 Å². The first kappa shape index (κ1) is 38.4. The summed E-state index contributed by atoms with van der Waals surface area (Å²) in [4.78, 5) is 14.4. The standard InChI is InChI=1S/C35H71NO3/c1-3-5-7-9-11-13-14-15-16-17-18-20-22-26-30-36(32-33-37)31-27-24-25-29-35(38)39-34-28-23-21-19-12-10-8-6-4-2/h37H,3-34H2,1-2H3. The van der Waals surface area contributed by atoms with E-state index in [9.17, 15) is 9.90 Å². The number of nitrogens with zero attached hydrogens (tertiary/aromatic N) is 1. The fourth-order valence-electron chi connectivity index (χ4n) is 5.46. The normalized spacial score (nSPS) is 11.5. The van der Waals surface area contributed by atoms with Crippen LogP contribution in [0.15, 0.2) is 0 Å². The summed E-state index contributed by atoms with van der Waals surface area (Å²) in [6, 6.07) is 0. The van der Waals surface area contributed by atoms with Crippen molar-refractivity contribution < 1.29 is 14.6 Å². The second kappa shape index (κ2) is 33.6. The zero-order valence-electron chi connectivity index (χ0n) is 26.8. The summed E-state index contributed by atoms with van der Waals surface area (Å²) >= 11 is 0. The Morgan fingerprint density at radius 1 is 0.487 bits per heavy atom. The van der Waals surface area contributed by atoms with Gasteiger partial charge in [-0.3, -0.25) is 4.79 Å². The molecule has 1 N–H and O–H groups in total. The Morgan fingerprint density at radius 3 is 1.26 bits per heavy atom. The highest BCUT2D eigenvalue weighted by molar-refractivity contribution is 5.69. The molecule has 0 fully saturated rings. The van der Waals surface area contributed by atoms with Gasteiger partial charge in [0.05, 0.1) is 13.2 Å². The van der Waals surface area contributed by atoms with E-state index < -0.39 is 0 Å². The number of carbonyl (C=O) groups is 1. The first-order chi connectivity index (χ1) is 19.2. The summed E-state index contributed by atoms with van der Waals surface area (Å²) in [5, 5.41) is 9.42. The third kappa shape index (κ3) is 31.8. The van der Waals surface area contributed by atoms with Crippen molar-refractivity contribution >= 4 is 5.97 Å². The van der Waals surface area contributed by atoms with Gasteiger partial charge in [-0.05, 0) is 38.8 Å². The van der Waals surface area contributed by atoms with Gasteiger partial charge in [0.25, 0.3) is 0 Å². The average molecular weight is 554 g/mol. The minimum atomic E-state index is -0.0239. The molecule has 0 aromatic rings. The van der Waals surface area contributed by atoms with E-state index in [4.69, 9.17) is 4.74 Å². The SMILES string of the molecule is CCCCCCCCCCCCCCCCN(CCO)CCCCCC(=O)OCCCCCCCCCCC. The Kier molecular flexibility index (Phi) is 33.1. The van der Waals surface area contributed by atoms with Crippen LogP contribution in [0.5, 0.6) is 0 Å². The van der Waals surface area contributed by atoms with E-state index in [1.165, 1.54) is 141 Å². The van der Waals surface area contributed by atoms with Gasteiger partial charge in [-0.15, -0.1) is 0 Å². The molecule has 0 rings (SSSR count). The molecule has 0 aliphatic heterocycles. The summed E-state index contributed by atoms with van der Waals surface area (Å²) < 4.78 is 5.42. The van der Waals surface area contributed by atoms with Crippen LogP contribution in [-0.2, 0) is 9.53 Å². The van der Waals surface area contributed by atoms with Crippen molar-refractivity contribution in [2.45, 2.75) is 187 Å². The summed E-state index contributed by atoms with van der Waals surface area (Å²) in [5.41, 5.74) is 0. The number of hydrogen-bond donors (Lipinski definition) is 1. The molecule has 0 radical (unpaired) electrons. The number of carbonyl (C=O) groups excluding carboxylic acids is 1. The van der Waals surface area contributed by atoms with Crippen LogP contribution in [0, 0.1) is 0 Å². The fraction of sp³-hybridized carbons (Fsp3) is 0.971. The highest BCUT2D eigenvalue weighted by Gasteiger charge is 2.06. The second-order valence-electron chi connectivity index (χ2n) is 12.0. The largest absolute Gasteiger partial charge is 0.466 e. The highest BCUT2D eigenvalue weighted by atomic mass is 16.5. The van der Waals surface area contributed by atoms with Crippen LogP contribution in [0.1, 0.15) is 187 Å². The van der Waals surface area contributed by atoms with Gasteiger partial charge < -0.3 is 14.7 Å². The smallest absolute Gasteiger partial charge is 0.305 e. The molecule has 0 spiro atoms. The number of unbranched alkanes of at least 4 members (excludes halogenated alkanes) is 23. The lowest BCUT2D eigenvalue weighted by Gasteiger charge is -2.21. The molecule has 0 unspecified atom stereocenters. The summed E-state index contributed by atoms with van der Waals surface area (Å²) in [7, 11) is 0. The molecule has 0 aromatic carbocycles. The van der Waals surface area contributed by atoms with Crippen molar-refractivity contribution in [1.82, 2.24) is 4.90 Å². The Labute approximate surface area is 245 Å². The topological polar surface area (TPSA) is 49.8 Å². The summed E-state index contributed by atoms with van der Waals surface area (Å²) in [5.74, 6) is -0.0239.